The van der Waals surface area contributed by atoms with Gasteiger partial charge in [-0.05, 0) is 0 Å². The summed E-state index contributed by atoms with van der Waals surface area (Å²) in [5.41, 5.74) is 0.540. The Kier molecular flexibility index (Phi) is 2.39. The number of hydrogen-bond acceptors (Lipinski definition) is 4. The Hall–Kier alpha value is -1.13. The Bertz CT molecular complexity index is 489. The van der Waals surface area contributed by atoms with Gasteiger partial charge >= 0.3 is 0 Å². The zero-order valence-electron chi connectivity index (χ0n) is 7.16. The summed E-state index contributed by atoms with van der Waals surface area (Å²) in [6, 6.07) is 0. The van der Waals surface area contributed by atoms with E-state index in [-0.39, 0.29) is 0 Å². The minimum absolute atomic E-state index is 0.326. The molecule has 0 N–H and O–H groups in total. The van der Waals surface area contributed by atoms with Crippen LogP contribution in [-0.4, -0.2) is 22.1 Å². The van der Waals surface area contributed by atoms with Crippen LogP contribution in [0.3, 0.4) is 0 Å². The fourth-order valence-corrected chi connectivity index (χ4v) is 1.55. The third-order valence-corrected chi connectivity index (χ3v) is 2.38. The quantitative estimate of drug-likeness (QED) is 0.705. The number of ether oxygens (including phenoxy) is 1. The lowest BCUT2D eigenvalue weighted by atomic mass is 10.3. The molecule has 0 atom stereocenters. The number of aromatic nitrogens is 3. The number of pyridine rings is 1. The largest absolute Gasteiger partial charge is 0.480 e. The summed E-state index contributed by atoms with van der Waals surface area (Å²) in [5, 5.41) is 1.28. The van der Waals surface area contributed by atoms with Crippen LogP contribution >= 0.6 is 23.2 Å². The highest BCUT2D eigenvalue weighted by Crippen LogP contribution is 2.30. The van der Waals surface area contributed by atoms with Crippen molar-refractivity contribution in [2.45, 2.75) is 0 Å². The molecule has 2 rings (SSSR count). The molecule has 2 aromatic rings. The van der Waals surface area contributed by atoms with Crippen molar-refractivity contribution in [2.75, 3.05) is 7.11 Å². The van der Waals surface area contributed by atoms with E-state index in [1.54, 1.807) is 0 Å². The van der Waals surface area contributed by atoms with E-state index in [0.717, 1.165) is 0 Å². The maximum Gasteiger partial charge on any atom is 0.234 e. The van der Waals surface area contributed by atoms with Crippen molar-refractivity contribution in [3.8, 4) is 5.88 Å². The third-order valence-electron chi connectivity index (χ3n) is 1.74. The van der Waals surface area contributed by atoms with Crippen molar-refractivity contribution >= 4 is 34.1 Å². The van der Waals surface area contributed by atoms with E-state index in [2.05, 4.69) is 15.0 Å². The predicted octanol–water partition coefficient (Wildman–Crippen LogP) is 2.34. The van der Waals surface area contributed by atoms with Gasteiger partial charge in [-0.15, -0.1) is 0 Å². The van der Waals surface area contributed by atoms with Crippen LogP contribution in [0.1, 0.15) is 0 Å². The molecule has 0 saturated heterocycles. The number of halogens is 2. The molecule has 0 unspecified atom stereocenters. The second-order valence-corrected chi connectivity index (χ2v) is 3.24. The molecule has 2 heterocycles. The van der Waals surface area contributed by atoms with Crippen LogP contribution < -0.4 is 4.74 Å². The monoisotopic (exact) mass is 229 g/mol. The van der Waals surface area contributed by atoms with Crippen molar-refractivity contribution in [1.29, 1.82) is 0 Å². The van der Waals surface area contributed by atoms with Gasteiger partial charge in [0.05, 0.1) is 12.5 Å². The molecule has 0 spiro atoms. The first kappa shape index (κ1) is 9.43. The van der Waals surface area contributed by atoms with Crippen molar-refractivity contribution in [1.82, 2.24) is 15.0 Å². The van der Waals surface area contributed by atoms with Gasteiger partial charge in [0.2, 0.25) is 5.88 Å². The molecule has 0 aromatic carbocycles. The number of methoxy groups -OCH3 is 1. The summed E-state index contributed by atoms with van der Waals surface area (Å²) in [5.74, 6) is 0.328. The van der Waals surface area contributed by atoms with E-state index < -0.39 is 0 Å². The van der Waals surface area contributed by atoms with E-state index in [9.17, 15) is 0 Å². The molecule has 0 bridgehead atoms. The van der Waals surface area contributed by atoms with Crippen molar-refractivity contribution in [3.05, 3.63) is 22.7 Å². The first-order valence-corrected chi connectivity index (χ1v) is 4.48. The first-order chi connectivity index (χ1) is 6.74. The Labute approximate surface area is 89.9 Å². The molecule has 4 nitrogen and oxygen atoms in total. The number of nitrogens with zero attached hydrogens (tertiary/aromatic N) is 3. The van der Waals surface area contributed by atoms with Gasteiger partial charge in [0.15, 0.2) is 0 Å². The van der Waals surface area contributed by atoms with E-state index in [0.29, 0.717) is 27.0 Å². The summed E-state index contributed by atoms with van der Waals surface area (Å²) in [6.07, 6.45) is 2.87. The molecule has 0 aliphatic heterocycles. The standard InChI is InChI=1S/C8H5Cl2N3O/c1-14-8-5(9)6-4(2-11-8)7(10)13-3-12-6/h2-3H,1H3. The number of hydrogen-bond donors (Lipinski definition) is 0. The fraction of sp³-hybridized carbons (Fsp3) is 0.125. The normalized spacial score (nSPS) is 10.5. The Morgan fingerprint density at radius 3 is 2.71 bits per heavy atom. The fourth-order valence-electron chi connectivity index (χ4n) is 1.09. The average molecular weight is 230 g/mol. The number of fused-ring (bicyclic) bond motifs is 1. The summed E-state index contributed by atoms with van der Waals surface area (Å²) in [7, 11) is 1.49. The Morgan fingerprint density at radius 1 is 1.21 bits per heavy atom. The van der Waals surface area contributed by atoms with E-state index in [1.807, 2.05) is 0 Å². The SMILES string of the molecule is COc1ncc2c(Cl)ncnc2c1Cl. The van der Waals surface area contributed by atoms with Crippen LogP contribution in [-0.2, 0) is 0 Å². The summed E-state index contributed by atoms with van der Waals surface area (Å²) >= 11 is 11.8. The minimum atomic E-state index is 0.326. The van der Waals surface area contributed by atoms with Crippen LogP contribution in [0.2, 0.25) is 10.2 Å². The lowest BCUT2D eigenvalue weighted by Crippen LogP contribution is -1.92. The molecule has 6 heteroatoms. The molecule has 0 aliphatic carbocycles. The van der Waals surface area contributed by atoms with Gasteiger partial charge in [0, 0.05) is 6.20 Å². The molecule has 0 aliphatic rings. The van der Waals surface area contributed by atoms with Crippen LogP contribution in [0.4, 0.5) is 0 Å². The van der Waals surface area contributed by atoms with Crippen molar-refractivity contribution in [3.63, 3.8) is 0 Å². The second-order valence-electron chi connectivity index (χ2n) is 2.51. The molecular weight excluding hydrogens is 225 g/mol. The minimum Gasteiger partial charge on any atom is -0.480 e. The van der Waals surface area contributed by atoms with Gasteiger partial charge in [0.1, 0.15) is 22.0 Å². The van der Waals surface area contributed by atoms with E-state index >= 15 is 0 Å². The predicted molar refractivity (Wildman–Crippen MR) is 53.9 cm³/mol. The molecular formula is C8H5Cl2N3O. The van der Waals surface area contributed by atoms with Crippen LogP contribution in [0.15, 0.2) is 12.5 Å². The lowest BCUT2D eigenvalue weighted by molar-refractivity contribution is 0.399. The highest BCUT2D eigenvalue weighted by atomic mass is 35.5. The zero-order valence-corrected chi connectivity index (χ0v) is 8.67. The van der Waals surface area contributed by atoms with Crippen LogP contribution in [0.5, 0.6) is 5.88 Å². The second kappa shape index (κ2) is 3.55. The Balaban J connectivity index is 2.84. The highest BCUT2D eigenvalue weighted by Gasteiger charge is 2.10. The van der Waals surface area contributed by atoms with E-state index in [4.69, 9.17) is 27.9 Å². The van der Waals surface area contributed by atoms with Crippen molar-refractivity contribution < 1.29 is 4.74 Å². The summed E-state index contributed by atoms with van der Waals surface area (Å²) in [6.45, 7) is 0. The molecule has 0 radical (unpaired) electrons. The molecule has 2 aromatic heterocycles. The molecule has 0 amide bonds. The average Bonchev–Trinajstić information content (AvgIpc) is 2.20. The molecule has 0 fully saturated rings. The first-order valence-electron chi connectivity index (χ1n) is 3.72. The van der Waals surface area contributed by atoms with E-state index in [1.165, 1.54) is 19.6 Å². The molecule has 72 valence electrons. The van der Waals surface area contributed by atoms with Crippen molar-refractivity contribution in [2.24, 2.45) is 0 Å². The molecule has 0 saturated carbocycles. The highest BCUT2D eigenvalue weighted by molar-refractivity contribution is 6.39. The van der Waals surface area contributed by atoms with Gasteiger partial charge in [-0.25, -0.2) is 15.0 Å². The van der Waals surface area contributed by atoms with Gasteiger partial charge in [-0.2, -0.15) is 0 Å². The maximum absolute atomic E-state index is 5.98. The summed E-state index contributed by atoms with van der Waals surface area (Å²) < 4.78 is 4.95. The van der Waals surface area contributed by atoms with Crippen LogP contribution in [0, 0.1) is 0 Å². The smallest absolute Gasteiger partial charge is 0.234 e. The lowest BCUT2D eigenvalue weighted by Gasteiger charge is -2.04. The van der Waals surface area contributed by atoms with Gasteiger partial charge < -0.3 is 4.74 Å². The Morgan fingerprint density at radius 2 is 2.00 bits per heavy atom. The van der Waals surface area contributed by atoms with Gasteiger partial charge in [-0.3, -0.25) is 0 Å². The number of rotatable bonds is 1. The zero-order chi connectivity index (χ0) is 10.1. The van der Waals surface area contributed by atoms with Gasteiger partial charge in [0.25, 0.3) is 0 Å². The van der Waals surface area contributed by atoms with Crippen LogP contribution in [0.25, 0.3) is 10.9 Å². The third kappa shape index (κ3) is 1.36. The summed E-state index contributed by atoms with van der Waals surface area (Å²) in [4.78, 5) is 11.8. The molecule has 14 heavy (non-hydrogen) atoms. The van der Waals surface area contributed by atoms with Gasteiger partial charge in [-0.1, -0.05) is 23.2 Å². The maximum atomic E-state index is 5.98. The topological polar surface area (TPSA) is 47.9 Å².